The molecule has 8 nitrogen and oxygen atoms in total. The van der Waals surface area contributed by atoms with Crippen LogP contribution in [0.15, 0.2) is 59.5 Å². The molecule has 3 aromatic rings. The third-order valence-electron chi connectivity index (χ3n) is 6.75. The normalized spacial score (nSPS) is 18.1. The molecule has 5 rings (SSSR count). The van der Waals surface area contributed by atoms with E-state index in [1.807, 2.05) is 39.0 Å². The lowest BCUT2D eigenvalue weighted by atomic mass is 9.99. The van der Waals surface area contributed by atoms with Crippen molar-refractivity contribution in [2.75, 3.05) is 18.0 Å². The number of hydrogen-bond donors (Lipinski definition) is 1. The fraction of sp³-hybridized carbons (Fsp3) is 0.357. The summed E-state index contributed by atoms with van der Waals surface area (Å²) in [5.41, 5.74) is 2.18. The maximum atomic E-state index is 13.3. The topological polar surface area (TPSA) is 96.0 Å². The molecular formula is C28H30ClN3O5S. The Hall–Kier alpha value is -3.14. The summed E-state index contributed by atoms with van der Waals surface area (Å²) in [5.74, 6) is -0.305. The Labute approximate surface area is 227 Å². The smallest absolute Gasteiger partial charge is 0.410 e. The highest BCUT2D eigenvalue weighted by Gasteiger charge is 2.36. The minimum absolute atomic E-state index is 0.0922. The summed E-state index contributed by atoms with van der Waals surface area (Å²) in [7, 11) is -3.92. The Morgan fingerprint density at radius 3 is 2.50 bits per heavy atom. The number of fused-ring (bicyclic) bond motifs is 2. The summed E-state index contributed by atoms with van der Waals surface area (Å²) in [6.07, 6.45) is 0.683. The van der Waals surface area contributed by atoms with Crippen LogP contribution in [0.4, 0.5) is 10.5 Å². The Kier molecular flexibility index (Phi) is 6.87. The van der Waals surface area contributed by atoms with Crippen LogP contribution in [0, 0.1) is 0 Å². The molecule has 1 fully saturated rings. The van der Waals surface area contributed by atoms with Crippen LogP contribution < -0.4 is 9.62 Å². The van der Waals surface area contributed by atoms with Crippen LogP contribution in [0.2, 0.25) is 5.02 Å². The molecule has 0 aromatic heterocycles. The number of halogens is 1. The second kappa shape index (κ2) is 9.87. The summed E-state index contributed by atoms with van der Waals surface area (Å²) < 4.78 is 34.3. The van der Waals surface area contributed by atoms with E-state index in [0.29, 0.717) is 43.2 Å². The number of sulfonamides is 1. The Balaban J connectivity index is 1.30. The minimum Gasteiger partial charge on any atom is -0.444 e. The van der Waals surface area contributed by atoms with Gasteiger partial charge in [0.05, 0.1) is 4.90 Å². The van der Waals surface area contributed by atoms with Gasteiger partial charge in [-0.1, -0.05) is 29.8 Å². The first-order chi connectivity index (χ1) is 17.9. The molecule has 200 valence electrons. The second-order valence-electron chi connectivity index (χ2n) is 10.7. The van der Waals surface area contributed by atoms with Gasteiger partial charge < -0.3 is 14.5 Å². The molecule has 38 heavy (non-hydrogen) atoms. The largest absolute Gasteiger partial charge is 0.444 e. The van der Waals surface area contributed by atoms with Crippen LogP contribution in [0.25, 0.3) is 10.8 Å². The molecule has 1 atom stereocenters. The Morgan fingerprint density at radius 1 is 1.00 bits per heavy atom. The van der Waals surface area contributed by atoms with Crippen molar-refractivity contribution in [1.82, 2.24) is 9.62 Å². The van der Waals surface area contributed by atoms with E-state index in [2.05, 4.69) is 4.72 Å². The lowest BCUT2D eigenvalue weighted by Gasteiger charge is -2.32. The fourth-order valence-corrected chi connectivity index (χ4v) is 6.30. The average molecular weight is 556 g/mol. The van der Waals surface area contributed by atoms with Crippen molar-refractivity contribution in [2.24, 2.45) is 0 Å². The van der Waals surface area contributed by atoms with Crippen LogP contribution in [-0.4, -0.2) is 50.1 Å². The lowest BCUT2D eigenvalue weighted by molar-refractivity contribution is -0.118. The van der Waals surface area contributed by atoms with Gasteiger partial charge in [0, 0.05) is 30.3 Å². The number of amides is 2. The second-order valence-corrected chi connectivity index (χ2v) is 12.9. The highest BCUT2D eigenvalue weighted by molar-refractivity contribution is 7.89. The van der Waals surface area contributed by atoms with Crippen LogP contribution in [0.5, 0.6) is 0 Å². The first kappa shape index (κ1) is 26.5. The number of benzene rings is 3. The van der Waals surface area contributed by atoms with Gasteiger partial charge in [0.1, 0.15) is 11.6 Å². The highest BCUT2D eigenvalue weighted by atomic mass is 35.5. The predicted octanol–water partition coefficient (Wildman–Crippen LogP) is 4.87. The van der Waals surface area contributed by atoms with Crippen molar-refractivity contribution in [3.05, 3.63) is 70.7 Å². The van der Waals surface area contributed by atoms with Gasteiger partial charge in [-0.3, -0.25) is 4.79 Å². The molecule has 1 saturated heterocycles. The Bertz CT molecular complexity index is 1530. The number of nitrogens with one attached hydrogen (secondary N) is 1. The van der Waals surface area contributed by atoms with Gasteiger partial charge in [-0.25, -0.2) is 13.2 Å². The van der Waals surface area contributed by atoms with Crippen LogP contribution in [0.1, 0.15) is 38.3 Å². The molecular weight excluding hydrogens is 526 g/mol. The van der Waals surface area contributed by atoms with Gasteiger partial charge in [0.2, 0.25) is 15.9 Å². The van der Waals surface area contributed by atoms with Gasteiger partial charge in [-0.15, -0.1) is 0 Å². The van der Waals surface area contributed by atoms with Gasteiger partial charge in [0.15, 0.2) is 0 Å². The van der Waals surface area contributed by atoms with E-state index in [4.69, 9.17) is 16.3 Å². The standard InChI is InChI=1S/C28H30ClN3O5S/c1-28(2,3)37-27(34)31-12-10-18-5-8-23(15-21(18)17-31)32-13-11-25(26(32)33)30-38(35,36)24-9-6-19-14-22(29)7-4-20(19)16-24/h4-9,14-16,25,30H,10-13,17H2,1-3H3/t25-/m0/s1. The summed E-state index contributed by atoms with van der Waals surface area (Å²) in [4.78, 5) is 29.2. The molecule has 0 saturated carbocycles. The summed E-state index contributed by atoms with van der Waals surface area (Å²) in [6.45, 7) is 6.84. The minimum atomic E-state index is -3.92. The predicted molar refractivity (Wildman–Crippen MR) is 147 cm³/mol. The number of carbonyl (C=O) groups is 2. The summed E-state index contributed by atoms with van der Waals surface area (Å²) in [5, 5.41) is 2.14. The number of anilines is 1. The monoisotopic (exact) mass is 555 g/mol. The third kappa shape index (κ3) is 5.50. The molecule has 0 bridgehead atoms. The van der Waals surface area contributed by atoms with E-state index in [1.54, 1.807) is 40.1 Å². The summed E-state index contributed by atoms with van der Waals surface area (Å²) in [6, 6.07) is 14.9. The van der Waals surface area contributed by atoms with Gasteiger partial charge in [-0.05, 0) is 91.9 Å². The molecule has 1 N–H and O–H groups in total. The SMILES string of the molecule is CC(C)(C)OC(=O)N1CCc2ccc(N3CC[C@H](NS(=O)(=O)c4ccc5cc(Cl)ccc5c4)C3=O)cc2C1. The highest BCUT2D eigenvalue weighted by Crippen LogP contribution is 2.29. The molecule has 2 heterocycles. The molecule has 0 aliphatic carbocycles. The first-order valence-corrected chi connectivity index (χ1v) is 14.4. The molecule has 0 unspecified atom stereocenters. The van der Waals surface area contributed by atoms with Crippen molar-refractivity contribution < 1.29 is 22.7 Å². The van der Waals surface area contributed by atoms with Crippen molar-refractivity contribution in [1.29, 1.82) is 0 Å². The maximum Gasteiger partial charge on any atom is 0.410 e. The van der Waals surface area contributed by atoms with E-state index < -0.39 is 21.7 Å². The van der Waals surface area contributed by atoms with Crippen molar-refractivity contribution in [2.45, 2.75) is 56.7 Å². The zero-order valence-corrected chi connectivity index (χ0v) is 23.1. The Morgan fingerprint density at radius 2 is 1.74 bits per heavy atom. The van der Waals surface area contributed by atoms with Crippen molar-refractivity contribution in [3.63, 3.8) is 0 Å². The quantitative estimate of drug-likeness (QED) is 0.495. The third-order valence-corrected chi connectivity index (χ3v) is 8.46. The fourth-order valence-electron chi connectivity index (χ4n) is 4.86. The molecule has 0 radical (unpaired) electrons. The summed E-state index contributed by atoms with van der Waals surface area (Å²) >= 11 is 6.03. The number of hydrogen-bond acceptors (Lipinski definition) is 5. The van der Waals surface area contributed by atoms with Gasteiger partial charge in [-0.2, -0.15) is 4.72 Å². The van der Waals surface area contributed by atoms with Crippen LogP contribution in [0.3, 0.4) is 0 Å². The lowest BCUT2D eigenvalue weighted by Crippen LogP contribution is -2.41. The number of nitrogens with zero attached hydrogens (tertiary/aromatic N) is 2. The van der Waals surface area contributed by atoms with E-state index >= 15 is 0 Å². The van der Waals surface area contributed by atoms with Crippen LogP contribution >= 0.6 is 11.6 Å². The number of rotatable bonds is 4. The van der Waals surface area contributed by atoms with Crippen molar-refractivity contribution >= 4 is 50.1 Å². The average Bonchev–Trinajstić information content (AvgIpc) is 3.21. The molecule has 2 aliphatic rings. The van der Waals surface area contributed by atoms with E-state index in [0.717, 1.165) is 21.9 Å². The molecule has 3 aromatic carbocycles. The molecule has 2 aliphatic heterocycles. The molecule has 10 heteroatoms. The zero-order valence-electron chi connectivity index (χ0n) is 21.5. The zero-order chi connectivity index (χ0) is 27.2. The van der Waals surface area contributed by atoms with Gasteiger partial charge in [0.25, 0.3) is 0 Å². The molecule has 2 amide bonds. The van der Waals surface area contributed by atoms with Gasteiger partial charge >= 0.3 is 6.09 Å². The van der Waals surface area contributed by atoms with Crippen molar-refractivity contribution in [3.8, 4) is 0 Å². The number of carbonyl (C=O) groups excluding carboxylic acids is 2. The van der Waals surface area contributed by atoms with E-state index in [9.17, 15) is 18.0 Å². The van der Waals surface area contributed by atoms with Crippen LogP contribution in [-0.2, 0) is 32.5 Å². The van der Waals surface area contributed by atoms with E-state index in [-0.39, 0.29) is 16.9 Å². The molecule has 0 spiro atoms. The first-order valence-electron chi connectivity index (χ1n) is 12.5. The van der Waals surface area contributed by atoms with E-state index in [1.165, 1.54) is 6.07 Å². The maximum absolute atomic E-state index is 13.3. The number of ether oxygens (including phenoxy) is 1.